The third-order valence-electron chi connectivity index (χ3n) is 1.80. The van der Waals surface area contributed by atoms with Crippen molar-refractivity contribution in [1.82, 2.24) is 5.32 Å². The summed E-state index contributed by atoms with van der Waals surface area (Å²) in [7, 11) is 1.52. The molecule has 1 aromatic carbocycles. The lowest BCUT2D eigenvalue weighted by molar-refractivity contribution is 0.373. The zero-order chi connectivity index (χ0) is 10.4. The number of hydrogen-bond acceptors (Lipinski definition) is 3. The van der Waals surface area contributed by atoms with Gasteiger partial charge in [0.2, 0.25) is 0 Å². The van der Waals surface area contributed by atoms with E-state index >= 15 is 0 Å². The van der Waals surface area contributed by atoms with Crippen molar-refractivity contribution in [3.05, 3.63) is 23.8 Å². The first-order chi connectivity index (χ1) is 6.77. The Labute approximate surface area is 83.7 Å². The van der Waals surface area contributed by atoms with Gasteiger partial charge in [-0.05, 0) is 17.7 Å². The number of methoxy groups -OCH3 is 1. The average Bonchev–Trinajstić information content (AvgIpc) is 2.18. The molecule has 0 amide bonds. The Hall–Kier alpha value is -1.66. The van der Waals surface area contributed by atoms with Crippen molar-refractivity contribution in [2.75, 3.05) is 13.7 Å². The summed E-state index contributed by atoms with van der Waals surface area (Å²) in [5.74, 6) is 3.10. The van der Waals surface area contributed by atoms with Crippen molar-refractivity contribution in [2.24, 2.45) is 0 Å². The maximum atomic E-state index is 9.45. The fourth-order valence-corrected chi connectivity index (χ4v) is 1.12. The molecule has 1 aromatic rings. The van der Waals surface area contributed by atoms with Crippen LogP contribution in [0.25, 0.3) is 0 Å². The second kappa shape index (κ2) is 5.15. The van der Waals surface area contributed by atoms with Gasteiger partial charge in [-0.25, -0.2) is 0 Å². The fraction of sp³-hybridized carbons (Fsp3) is 0.273. The second-order valence-corrected chi connectivity index (χ2v) is 2.81. The summed E-state index contributed by atoms with van der Waals surface area (Å²) in [6, 6.07) is 5.26. The predicted octanol–water partition coefficient (Wildman–Crippen LogP) is 1.12. The molecule has 14 heavy (non-hydrogen) atoms. The Morgan fingerprint density at radius 1 is 1.57 bits per heavy atom. The van der Waals surface area contributed by atoms with E-state index in [1.807, 2.05) is 6.07 Å². The van der Waals surface area contributed by atoms with E-state index in [0.29, 0.717) is 18.8 Å². The van der Waals surface area contributed by atoms with Crippen LogP contribution in [0, 0.1) is 12.3 Å². The Morgan fingerprint density at radius 3 is 2.93 bits per heavy atom. The van der Waals surface area contributed by atoms with Crippen LogP contribution < -0.4 is 10.1 Å². The highest BCUT2D eigenvalue weighted by Crippen LogP contribution is 2.25. The average molecular weight is 191 g/mol. The van der Waals surface area contributed by atoms with Crippen molar-refractivity contribution in [1.29, 1.82) is 0 Å². The van der Waals surface area contributed by atoms with E-state index in [9.17, 15) is 5.11 Å². The van der Waals surface area contributed by atoms with E-state index in [-0.39, 0.29) is 5.75 Å². The van der Waals surface area contributed by atoms with E-state index in [1.165, 1.54) is 7.11 Å². The normalized spacial score (nSPS) is 9.43. The predicted molar refractivity (Wildman–Crippen MR) is 55.2 cm³/mol. The number of hydrogen-bond donors (Lipinski definition) is 2. The number of rotatable bonds is 4. The number of ether oxygens (including phenoxy) is 1. The van der Waals surface area contributed by atoms with Gasteiger partial charge in [0, 0.05) is 6.54 Å². The molecule has 0 heterocycles. The van der Waals surface area contributed by atoms with Crippen molar-refractivity contribution in [3.8, 4) is 23.8 Å². The van der Waals surface area contributed by atoms with Gasteiger partial charge in [-0.1, -0.05) is 12.0 Å². The van der Waals surface area contributed by atoms with Gasteiger partial charge in [0.25, 0.3) is 0 Å². The Kier molecular flexibility index (Phi) is 3.84. The molecule has 74 valence electrons. The molecule has 0 fully saturated rings. The highest BCUT2D eigenvalue weighted by Gasteiger charge is 2.01. The third-order valence-corrected chi connectivity index (χ3v) is 1.80. The number of aromatic hydroxyl groups is 1. The van der Waals surface area contributed by atoms with Gasteiger partial charge < -0.3 is 15.2 Å². The van der Waals surface area contributed by atoms with Crippen molar-refractivity contribution in [3.63, 3.8) is 0 Å². The van der Waals surface area contributed by atoms with Crippen molar-refractivity contribution >= 4 is 0 Å². The minimum absolute atomic E-state index is 0.146. The third kappa shape index (κ3) is 2.68. The molecular formula is C11H13NO2. The SMILES string of the molecule is C#CCNCc1ccc(OC)c(O)c1. The molecule has 0 spiro atoms. The minimum atomic E-state index is 0.146. The van der Waals surface area contributed by atoms with Crippen molar-refractivity contribution < 1.29 is 9.84 Å². The van der Waals surface area contributed by atoms with E-state index in [0.717, 1.165) is 5.56 Å². The van der Waals surface area contributed by atoms with Gasteiger partial charge in [-0.2, -0.15) is 0 Å². The van der Waals surface area contributed by atoms with E-state index in [4.69, 9.17) is 11.2 Å². The van der Waals surface area contributed by atoms with E-state index in [2.05, 4.69) is 11.2 Å². The molecule has 0 aromatic heterocycles. The molecule has 0 aliphatic carbocycles. The lowest BCUT2D eigenvalue weighted by atomic mass is 10.2. The van der Waals surface area contributed by atoms with Crippen LogP contribution in [-0.4, -0.2) is 18.8 Å². The van der Waals surface area contributed by atoms with E-state index in [1.54, 1.807) is 12.1 Å². The Morgan fingerprint density at radius 2 is 2.36 bits per heavy atom. The number of nitrogens with one attached hydrogen (secondary N) is 1. The molecule has 1 rings (SSSR count). The number of phenolic OH excluding ortho intramolecular Hbond substituents is 1. The van der Waals surface area contributed by atoms with Crippen LogP contribution >= 0.6 is 0 Å². The monoisotopic (exact) mass is 191 g/mol. The molecule has 0 saturated heterocycles. The molecule has 3 nitrogen and oxygen atoms in total. The van der Waals surface area contributed by atoms with E-state index < -0.39 is 0 Å². The standard InChI is InChI=1S/C11H13NO2/c1-3-6-12-8-9-4-5-11(14-2)10(13)7-9/h1,4-5,7,12-13H,6,8H2,2H3. The van der Waals surface area contributed by atoms with Gasteiger partial charge in [0.05, 0.1) is 13.7 Å². The lowest BCUT2D eigenvalue weighted by Crippen LogP contribution is -2.12. The van der Waals surface area contributed by atoms with Crippen LogP contribution in [0.4, 0.5) is 0 Å². The highest BCUT2D eigenvalue weighted by atomic mass is 16.5. The summed E-state index contributed by atoms with van der Waals surface area (Å²) in [5, 5.41) is 12.5. The second-order valence-electron chi connectivity index (χ2n) is 2.81. The summed E-state index contributed by atoms with van der Waals surface area (Å²) < 4.78 is 4.92. The Bertz CT molecular complexity index is 342. The molecule has 0 aliphatic rings. The fourth-order valence-electron chi connectivity index (χ4n) is 1.12. The number of phenols is 1. The smallest absolute Gasteiger partial charge is 0.160 e. The Balaban J connectivity index is 2.63. The lowest BCUT2D eigenvalue weighted by Gasteiger charge is -2.06. The summed E-state index contributed by atoms with van der Waals surface area (Å²) in [5.41, 5.74) is 0.971. The van der Waals surface area contributed by atoms with Crippen LogP contribution in [0.1, 0.15) is 5.56 Å². The molecule has 3 heteroatoms. The molecular weight excluding hydrogens is 178 g/mol. The minimum Gasteiger partial charge on any atom is -0.504 e. The van der Waals surface area contributed by atoms with Crippen LogP contribution in [0.5, 0.6) is 11.5 Å². The summed E-state index contributed by atoms with van der Waals surface area (Å²) in [6.45, 7) is 1.16. The molecule has 0 unspecified atom stereocenters. The van der Waals surface area contributed by atoms with Gasteiger partial charge in [0.15, 0.2) is 11.5 Å². The van der Waals surface area contributed by atoms with Crippen LogP contribution in [-0.2, 0) is 6.54 Å². The quantitative estimate of drug-likeness (QED) is 0.553. The first-order valence-corrected chi connectivity index (χ1v) is 4.28. The first kappa shape index (κ1) is 10.4. The molecule has 0 bridgehead atoms. The van der Waals surface area contributed by atoms with Crippen LogP contribution in [0.3, 0.4) is 0 Å². The summed E-state index contributed by atoms with van der Waals surface area (Å²) in [6.07, 6.45) is 5.09. The zero-order valence-corrected chi connectivity index (χ0v) is 8.08. The summed E-state index contributed by atoms with van der Waals surface area (Å²) in [4.78, 5) is 0. The van der Waals surface area contributed by atoms with Crippen LogP contribution in [0.15, 0.2) is 18.2 Å². The molecule has 2 N–H and O–H groups in total. The topological polar surface area (TPSA) is 41.5 Å². The maximum Gasteiger partial charge on any atom is 0.160 e. The zero-order valence-electron chi connectivity index (χ0n) is 8.08. The maximum absolute atomic E-state index is 9.45. The number of terminal acetylenes is 1. The van der Waals surface area contributed by atoms with Gasteiger partial charge in [-0.3, -0.25) is 0 Å². The molecule has 0 aliphatic heterocycles. The van der Waals surface area contributed by atoms with Gasteiger partial charge in [-0.15, -0.1) is 6.42 Å². The van der Waals surface area contributed by atoms with Crippen molar-refractivity contribution in [2.45, 2.75) is 6.54 Å². The molecule has 0 radical (unpaired) electrons. The first-order valence-electron chi connectivity index (χ1n) is 4.28. The largest absolute Gasteiger partial charge is 0.504 e. The summed E-state index contributed by atoms with van der Waals surface area (Å²) >= 11 is 0. The van der Waals surface area contributed by atoms with Gasteiger partial charge in [0.1, 0.15) is 0 Å². The molecule has 0 saturated carbocycles. The van der Waals surface area contributed by atoms with Gasteiger partial charge >= 0.3 is 0 Å². The number of benzene rings is 1. The van der Waals surface area contributed by atoms with Crippen LogP contribution in [0.2, 0.25) is 0 Å². The molecule has 0 atom stereocenters. The highest BCUT2D eigenvalue weighted by molar-refractivity contribution is 5.41.